The third-order valence-electron chi connectivity index (χ3n) is 3.32. The molecule has 0 atom stereocenters. The monoisotopic (exact) mass is 431 g/mol. The summed E-state index contributed by atoms with van der Waals surface area (Å²) in [7, 11) is 0. The van der Waals surface area contributed by atoms with E-state index in [9.17, 15) is 0 Å². The van der Waals surface area contributed by atoms with Crippen molar-refractivity contribution in [1.82, 2.24) is 9.97 Å². The van der Waals surface area contributed by atoms with Gasteiger partial charge in [0.15, 0.2) is 0 Å². The zero-order valence-corrected chi connectivity index (χ0v) is 15.3. The maximum atomic E-state index is 8.97. The Bertz CT molecular complexity index is 912. The van der Waals surface area contributed by atoms with E-state index in [-0.39, 0.29) is 0 Å². The SMILES string of the molecule is Cc1nc2ccccc2nc1COc1c(Br)cc(C#N)cc1Br. The molecule has 2 aromatic carbocycles. The first-order chi connectivity index (χ1) is 11.1. The molecule has 1 heterocycles. The third-order valence-corrected chi connectivity index (χ3v) is 4.50. The minimum absolute atomic E-state index is 0.298. The van der Waals surface area contributed by atoms with Crippen LogP contribution < -0.4 is 4.74 Å². The Morgan fingerprint density at radius 3 is 2.30 bits per heavy atom. The predicted octanol–water partition coefficient (Wildman–Crippen LogP) is 4.91. The topological polar surface area (TPSA) is 58.8 Å². The summed E-state index contributed by atoms with van der Waals surface area (Å²) in [6, 6.07) is 13.3. The number of benzene rings is 2. The van der Waals surface area contributed by atoms with Crippen LogP contribution in [0.4, 0.5) is 0 Å². The highest BCUT2D eigenvalue weighted by Gasteiger charge is 2.11. The minimum Gasteiger partial charge on any atom is -0.485 e. The van der Waals surface area contributed by atoms with Gasteiger partial charge < -0.3 is 4.74 Å². The van der Waals surface area contributed by atoms with Crippen molar-refractivity contribution in [3.05, 3.63) is 62.3 Å². The summed E-state index contributed by atoms with van der Waals surface area (Å²) >= 11 is 6.86. The fraction of sp³-hybridized carbons (Fsp3) is 0.118. The number of halogens is 2. The fourth-order valence-electron chi connectivity index (χ4n) is 2.16. The zero-order valence-electron chi connectivity index (χ0n) is 12.2. The van der Waals surface area contributed by atoms with E-state index >= 15 is 0 Å². The summed E-state index contributed by atoms with van der Waals surface area (Å²) in [6.07, 6.45) is 0. The first-order valence-electron chi connectivity index (χ1n) is 6.82. The van der Waals surface area contributed by atoms with E-state index in [2.05, 4.69) is 47.9 Å². The lowest BCUT2D eigenvalue weighted by atomic mass is 10.2. The highest BCUT2D eigenvalue weighted by atomic mass is 79.9. The van der Waals surface area contributed by atoms with E-state index in [0.29, 0.717) is 17.9 Å². The van der Waals surface area contributed by atoms with Crippen LogP contribution in [0.25, 0.3) is 11.0 Å². The number of hydrogen-bond acceptors (Lipinski definition) is 4. The van der Waals surface area contributed by atoms with Gasteiger partial charge in [-0.3, -0.25) is 0 Å². The molecule has 0 bridgehead atoms. The van der Waals surface area contributed by atoms with Crippen LogP contribution in [-0.2, 0) is 6.61 Å². The van der Waals surface area contributed by atoms with Gasteiger partial charge in [-0.1, -0.05) is 12.1 Å². The number of rotatable bonds is 3. The molecule has 0 N–H and O–H groups in total. The Labute approximate surface area is 150 Å². The Balaban J connectivity index is 1.89. The van der Waals surface area contributed by atoms with Gasteiger partial charge in [0.2, 0.25) is 0 Å². The molecule has 23 heavy (non-hydrogen) atoms. The number of ether oxygens (including phenoxy) is 1. The second-order valence-electron chi connectivity index (χ2n) is 4.91. The van der Waals surface area contributed by atoms with Crippen molar-refractivity contribution < 1.29 is 4.74 Å². The molecule has 6 heteroatoms. The van der Waals surface area contributed by atoms with Crippen LogP contribution in [0, 0.1) is 18.3 Å². The molecule has 0 aliphatic heterocycles. The summed E-state index contributed by atoms with van der Waals surface area (Å²) < 4.78 is 7.31. The summed E-state index contributed by atoms with van der Waals surface area (Å²) in [5, 5.41) is 8.97. The van der Waals surface area contributed by atoms with Crippen molar-refractivity contribution in [2.45, 2.75) is 13.5 Å². The molecule has 3 rings (SSSR count). The van der Waals surface area contributed by atoms with Crippen LogP contribution in [0.3, 0.4) is 0 Å². The van der Waals surface area contributed by atoms with Crippen LogP contribution in [0.2, 0.25) is 0 Å². The van der Waals surface area contributed by atoms with Crippen LogP contribution >= 0.6 is 31.9 Å². The number of hydrogen-bond donors (Lipinski definition) is 0. The zero-order chi connectivity index (χ0) is 16.4. The van der Waals surface area contributed by atoms with Crippen molar-refractivity contribution in [1.29, 1.82) is 5.26 Å². The molecular weight excluding hydrogens is 422 g/mol. The molecule has 114 valence electrons. The van der Waals surface area contributed by atoms with Gasteiger partial charge in [0.1, 0.15) is 12.4 Å². The minimum atomic E-state index is 0.298. The van der Waals surface area contributed by atoms with Crippen molar-refractivity contribution in [2.24, 2.45) is 0 Å². The number of para-hydroxylation sites is 2. The number of aromatic nitrogens is 2. The average molecular weight is 433 g/mol. The predicted molar refractivity (Wildman–Crippen MR) is 95.2 cm³/mol. The Hall–Kier alpha value is -1.97. The second-order valence-corrected chi connectivity index (χ2v) is 6.62. The smallest absolute Gasteiger partial charge is 0.148 e. The van der Waals surface area contributed by atoms with Gasteiger partial charge in [-0.05, 0) is 63.0 Å². The molecular formula is C17H11Br2N3O. The van der Waals surface area contributed by atoms with Crippen LogP contribution in [-0.4, -0.2) is 9.97 Å². The van der Waals surface area contributed by atoms with E-state index < -0.39 is 0 Å². The summed E-state index contributed by atoms with van der Waals surface area (Å²) in [5.74, 6) is 0.637. The molecule has 3 aromatic rings. The lowest BCUT2D eigenvalue weighted by molar-refractivity contribution is 0.296. The number of nitriles is 1. The van der Waals surface area contributed by atoms with E-state index in [0.717, 1.165) is 31.4 Å². The van der Waals surface area contributed by atoms with E-state index in [4.69, 9.17) is 10.00 Å². The van der Waals surface area contributed by atoms with Crippen LogP contribution in [0.1, 0.15) is 17.0 Å². The molecule has 0 spiro atoms. The van der Waals surface area contributed by atoms with E-state index in [1.165, 1.54) is 0 Å². The molecule has 0 radical (unpaired) electrons. The molecule has 0 aliphatic rings. The normalized spacial score (nSPS) is 10.5. The number of nitrogens with zero attached hydrogens (tertiary/aromatic N) is 3. The quantitative estimate of drug-likeness (QED) is 0.589. The second kappa shape index (κ2) is 6.65. The molecule has 1 aromatic heterocycles. The first-order valence-corrected chi connectivity index (χ1v) is 8.41. The van der Waals surface area contributed by atoms with Crippen molar-refractivity contribution in [3.63, 3.8) is 0 Å². The Morgan fingerprint density at radius 1 is 1.09 bits per heavy atom. The fourth-order valence-corrected chi connectivity index (χ4v) is 3.58. The largest absolute Gasteiger partial charge is 0.485 e. The molecule has 0 fully saturated rings. The standard InChI is InChI=1S/C17H11Br2N3O/c1-10-16(22-15-5-3-2-4-14(15)21-10)9-23-17-12(18)6-11(8-20)7-13(17)19/h2-7H,9H2,1H3. The maximum absolute atomic E-state index is 8.97. The average Bonchev–Trinajstić information content (AvgIpc) is 2.54. The summed E-state index contributed by atoms with van der Waals surface area (Å²) in [5.41, 5.74) is 3.89. The molecule has 0 aliphatic carbocycles. The number of fused-ring (bicyclic) bond motifs is 1. The summed E-state index contributed by atoms with van der Waals surface area (Å²) in [4.78, 5) is 9.16. The Morgan fingerprint density at radius 2 is 1.70 bits per heavy atom. The van der Waals surface area contributed by atoms with Gasteiger partial charge in [-0.2, -0.15) is 5.26 Å². The number of aryl methyl sites for hydroxylation is 1. The van der Waals surface area contributed by atoms with Crippen molar-refractivity contribution >= 4 is 42.9 Å². The lowest BCUT2D eigenvalue weighted by Gasteiger charge is -2.12. The highest BCUT2D eigenvalue weighted by Crippen LogP contribution is 2.35. The third kappa shape index (κ3) is 3.36. The van der Waals surface area contributed by atoms with Gasteiger partial charge in [-0.25, -0.2) is 9.97 Å². The van der Waals surface area contributed by atoms with E-state index in [1.807, 2.05) is 31.2 Å². The maximum Gasteiger partial charge on any atom is 0.148 e. The molecule has 0 saturated heterocycles. The lowest BCUT2D eigenvalue weighted by Crippen LogP contribution is -2.04. The first kappa shape index (κ1) is 15.9. The highest BCUT2D eigenvalue weighted by molar-refractivity contribution is 9.11. The summed E-state index contributed by atoms with van der Waals surface area (Å²) in [6.45, 7) is 2.22. The van der Waals surface area contributed by atoms with Gasteiger partial charge in [0.25, 0.3) is 0 Å². The molecule has 4 nitrogen and oxygen atoms in total. The molecule has 0 amide bonds. The van der Waals surface area contributed by atoms with E-state index in [1.54, 1.807) is 12.1 Å². The van der Waals surface area contributed by atoms with Crippen LogP contribution in [0.5, 0.6) is 5.75 Å². The molecule has 0 saturated carbocycles. The molecule has 0 unspecified atom stereocenters. The van der Waals surface area contributed by atoms with Crippen molar-refractivity contribution in [2.75, 3.05) is 0 Å². The van der Waals surface area contributed by atoms with Crippen LogP contribution in [0.15, 0.2) is 45.3 Å². The Kier molecular flexibility index (Phi) is 4.60. The van der Waals surface area contributed by atoms with Gasteiger partial charge >= 0.3 is 0 Å². The van der Waals surface area contributed by atoms with Gasteiger partial charge in [0, 0.05) is 0 Å². The van der Waals surface area contributed by atoms with Gasteiger partial charge in [-0.15, -0.1) is 0 Å². The van der Waals surface area contributed by atoms with Crippen molar-refractivity contribution in [3.8, 4) is 11.8 Å². The van der Waals surface area contributed by atoms with Gasteiger partial charge in [0.05, 0.1) is 43.0 Å².